The molecule has 1 amide bonds. The Morgan fingerprint density at radius 3 is 2.77 bits per heavy atom. The van der Waals surface area contributed by atoms with Crippen molar-refractivity contribution in [2.45, 2.75) is 32.8 Å². The number of fused-ring (bicyclic) bond motifs is 1. The summed E-state index contributed by atoms with van der Waals surface area (Å²) in [5.41, 5.74) is 2.79. The number of aliphatic carboxylic acids is 1. The molecule has 0 radical (unpaired) electrons. The van der Waals surface area contributed by atoms with Crippen LogP contribution >= 0.6 is 11.3 Å². The molecule has 0 saturated carbocycles. The molecule has 0 spiro atoms. The first-order chi connectivity index (χ1) is 14.8. The van der Waals surface area contributed by atoms with Gasteiger partial charge >= 0.3 is 11.6 Å². The van der Waals surface area contributed by atoms with Crippen molar-refractivity contribution in [1.29, 1.82) is 0 Å². The van der Waals surface area contributed by atoms with Crippen molar-refractivity contribution in [2.75, 3.05) is 13.1 Å². The second kappa shape index (κ2) is 8.55. The third-order valence-electron chi connectivity index (χ3n) is 5.60. The van der Waals surface area contributed by atoms with Crippen LogP contribution in [0.5, 0.6) is 5.75 Å². The SMILES string of the molecule is Cc1cscc1-c1cc(=O)oc2cc(OC(C)C(=O)N3CCC[C@H](C(=O)O)C3)ccc12. The number of amides is 1. The predicted octanol–water partition coefficient (Wildman–Crippen LogP) is 3.92. The number of hydrogen-bond donors (Lipinski definition) is 1. The molecule has 1 saturated heterocycles. The van der Waals surface area contributed by atoms with Crippen LogP contribution in [0.15, 0.2) is 44.2 Å². The second-order valence-electron chi connectivity index (χ2n) is 7.83. The van der Waals surface area contributed by atoms with Gasteiger partial charge in [0, 0.05) is 36.2 Å². The number of likely N-dealkylation sites (tertiary alicyclic amines) is 1. The highest BCUT2D eigenvalue weighted by atomic mass is 32.1. The molecule has 1 N–H and O–H groups in total. The first-order valence-electron chi connectivity index (χ1n) is 10.1. The maximum absolute atomic E-state index is 12.8. The molecule has 7 nitrogen and oxygen atoms in total. The van der Waals surface area contributed by atoms with E-state index in [-0.39, 0.29) is 12.5 Å². The highest BCUT2D eigenvalue weighted by molar-refractivity contribution is 7.08. The van der Waals surface area contributed by atoms with Gasteiger partial charge in [0.1, 0.15) is 11.3 Å². The summed E-state index contributed by atoms with van der Waals surface area (Å²) in [5.74, 6) is -1.27. The first kappa shape index (κ1) is 21.1. The van der Waals surface area contributed by atoms with Crippen LogP contribution in [0, 0.1) is 12.8 Å². The Morgan fingerprint density at radius 2 is 2.06 bits per heavy atom. The Bertz CT molecular complexity index is 1200. The molecular weight excluding hydrogens is 418 g/mol. The van der Waals surface area contributed by atoms with Gasteiger partial charge in [0.05, 0.1) is 5.92 Å². The lowest BCUT2D eigenvalue weighted by molar-refractivity contribution is -0.147. The Kier molecular flexibility index (Phi) is 5.82. The molecule has 1 fully saturated rings. The minimum absolute atomic E-state index is 0.192. The largest absolute Gasteiger partial charge is 0.481 e. The number of carbonyl (C=O) groups excluding carboxylic acids is 1. The van der Waals surface area contributed by atoms with Gasteiger partial charge in [-0.1, -0.05) is 0 Å². The summed E-state index contributed by atoms with van der Waals surface area (Å²) in [4.78, 5) is 37.7. The second-order valence-corrected chi connectivity index (χ2v) is 8.57. The van der Waals surface area contributed by atoms with Gasteiger partial charge in [-0.2, -0.15) is 11.3 Å². The number of carbonyl (C=O) groups is 2. The summed E-state index contributed by atoms with van der Waals surface area (Å²) in [5, 5.41) is 14.0. The zero-order chi connectivity index (χ0) is 22.1. The average Bonchev–Trinajstić information content (AvgIpc) is 3.18. The third kappa shape index (κ3) is 4.34. The summed E-state index contributed by atoms with van der Waals surface area (Å²) in [7, 11) is 0. The van der Waals surface area contributed by atoms with Crippen molar-refractivity contribution in [1.82, 2.24) is 4.90 Å². The molecule has 3 heterocycles. The minimum atomic E-state index is -0.882. The number of piperidine rings is 1. The van der Waals surface area contributed by atoms with Gasteiger partial charge in [0.2, 0.25) is 0 Å². The topological polar surface area (TPSA) is 97.0 Å². The molecule has 31 heavy (non-hydrogen) atoms. The molecule has 2 atom stereocenters. The zero-order valence-electron chi connectivity index (χ0n) is 17.3. The van der Waals surface area contributed by atoms with E-state index in [1.807, 2.05) is 23.8 Å². The molecule has 3 aromatic rings. The van der Waals surface area contributed by atoms with Gasteiger partial charge < -0.3 is 19.2 Å². The number of carboxylic acids is 1. The van der Waals surface area contributed by atoms with Gasteiger partial charge in [0.15, 0.2) is 6.10 Å². The normalized spacial score (nSPS) is 17.5. The number of aryl methyl sites for hydroxylation is 1. The fourth-order valence-electron chi connectivity index (χ4n) is 3.97. The molecule has 1 aliphatic rings. The maximum Gasteiger partial charge on any atom is 0.336 e. The van der Waals surface area contributed by atoms with Crippen LogP contribution in [0.2, 0.25) is 0 Å². The molecule has 4 rings (SSSR count). The van der Waals surface area contributed by atoms with Crippen LogP contribution < -0.4 is 10.4 Å². The van der Waals surface area contributed by atoms with Gasteiger partial charge in [-0.25, -0.2) is 4.79 Å². The smallest absolute Gasteiger partial charge is 0.336 e. The summed E-state index contributed by atoms with van der Waals surface area (Å²) >= 11 is 1.57. The van der Waals surface area contributed by atoms with Crippen LogP contribution in [0.25, 0.3) is 22.1 Å². The molecule has 1 aliphatic heterocycles. The van der Waals surface area contributed by atoms with Gasteiger partial charge in [-0.05, 0) is 60.7 Å². The molecule has 162 valence electrons. The van der Waals surface area contributed by atoms with E-state index in [0.29, 0.717) is 30.7 Å². The lowest BCUT2D eigenvalue weighted by atomic mass is 9.98. The zero-order valence-corrected chi connectivity index (χ0v) is 18.1. The van der Waals surface area contributed by atoms with Crippen molar-refractivity contribution in [3.8, 4) is 16.9 Å². The summed E-state index contributed by atoms with van der Waals surface area (Å²) in [6.07, 6.45) is 0.435. The van der Waals surface area contributed by atoms with E-state index in [1.54, 1.807) is 35.3 Å². The van der Waals surface area contributed by atoms with Gasteiger partial charge in [-0.15, -0.1) is 0 Å². The number of nitrogens with zero attached hydrogens (tertiary/aromatic N) is 1. The number of benzene rings is 1. The molecule has 0 bridgehead atoms. The van der Waals surface area contributed by atoms with Crippen molar-refractivity contribution in [2.24, 2.45) is 5.92 Å². The van der Waals surface area contributed by atoms with Crippen LogP contribution in [-0.4, -0.2) is 41.1 Å². The van der Waals surface area contributed by atoms with Gasteiger partial charge in [-0.3, -0.25) is 9.59 Å². The molecule has 1 aromatic carbocycles. The van der Waals surface area contributed by atoms with Crippen molar-refractivity contribution in [3.05, 3.63) is 51.0 Å². The summed E-state index contributed by atoms with van der Waals surface area (Å²) in [6.45, 7) is 4.34. The Labute approximate surface area is 182 Å². The highest BCUT2D eigenvalue weighted by Gasteiger charge is 2.31. The molecule has 1 unspecified atom stereocenters. The molecule has 2 aromatic heterocycles. The monoisotopic (exact) mass is 441 g/mol. The van der Waals surface area contributed by atoms with Gasteiger partial charge in [0.25, 0.3) is 5.91 Å². The summed E-state index contributed by atoms with van der Waals surface area (Å²) in [6, 6.07) is 6.66. The quantitative estimate of drug-likeness (QED) is 0.603. The van der Waals surface area contributed by atoms with E-state index in [9.17, 15) is 19.5 Å². The Balaban J connectivity index is 1.56. The standard InChI is InChI=1S/C23H23NO6S/c1-13-11-31-12-19(13)18-9-21(25)30-20-8-16(5-6-17(18)20)29-14(2)22(26)24-7-3-4-15(10-24)23(27)28/h5-6,8-9,11-12,14-15H,3-4,7,10H2,1-2H3,(H,27,28)/t14?,15-/m0/s1. The number of ether oxygens (including phenoxy) is 1. The van der Waals surface area contributed by atoms with Crippen molar-refractivity contribution in [3.63, 3.8) is 0 Å². The predicted molar refractivity (Wildman–Crippen MR) is 118 cm³/mol. The number of carboxylic acid groups (broad SMARTS) is 1. The van der Waals surface area contributed by atoms with Crippen molar-refractivity contribution >= 4 is 34.2 Å². The lowest BCUT2D eigenvalue weighted by Crippen LogP contribution is -2.47. The molecule has 8 heteroatoms. The van der Waals surface area contributed by atoms with E-state index in [4.69, 9.17) is 9.15 Å². The number of hydrogen-bond acceptors (Lipinski definition) is 6. The first-order valence-corrected chi connectivity index (χ1v) is 11.1. The maximum atomic E-state index is 12.8. The van der Waals surface area contributed by atoms with E-state index >= 15 is 0 Å². The van der Waals surface area contributed by atoms with Crippen LogP contribution in [0.1, 0.15) is 25.3 Å². The van der Waals surface area contributed by atoms with E-state index in [2.05, 4.69) is 0 Å². The lowest BCUT2D eigenvalue weighted by Gasteiger charge is -2.32. The highest BCUT2D eigenvalue weighted by Crippen LogP contribution is 2.33. The number of rotatable bonds is 5. The average molecular weight is 442 g/mol. The number of thiophene rings is 1. The fourth-order valence-corrected chi connectivity index (χ4v) is 4.81. The minimum Gasteiger partial charge on any atom is -0.481 e. The van der Waals surface area contributed by atoms with E-state index < -0.39 is 23.6 Å². The third-order valence-corrected chi connectivity index (χ3v) is 6.47. The Morgan fingerprint density at radius 1 is 1.26 bits per heavy atom. The molecule has 0 aliphatic carbocycles. The van der Waals surface area contributed by atoms with Crippen molar-refractivity contribution < 1.29 is 23.8 Å². The van der Waals surface area contributed by atoms with E-state index in [0.717, 1.165) is 22.1 Å². The molecular formula is C23H23NO6S. The van der Waals surface area contributed by atoms with E-state index in [1.165, 1.54) is 6.07 Å². The van der Waals surface area contributed by atoms with Crippen LogP contribution in [0.4, 0.5) is 0 Å². The van der Waals surface area contributed by atoms with Crippen LogP contribution in [0.3, 0.4) is 0 Å². The summed E-state index contributed by atoms with van der Waals surface area (Å²) < 4.78 is 11.2. The fraction of sp³-hybridized carbons (Fsp3) is 0.348. The van der Waals surface area contributed by atoms with Crippen LogP contribution in [-0.2, 0) is 9.59 Å². The Hall–Kier alpha value is -3.13.